The zero-order valence-electron chi connectivity index (χ0n) is 12.3. The van der Waals surface area contributed by atoms with Crippen LogP contribution < -0.4 is 4.90 Å². The molecule has 2 aromatic carbocycles. The Morgan fingerprint density at radius 3 is 2.38 bits per heavy atom. The van der Waals surface area contributed by atoms with Crippen LogP contribution in [0.4, 0.5) is 5.69 Å². The second-order valence-corrected chi connectivity index (χ2v) is 6.58. The first-order valence-electron chi connectivity index (χ1n) is 7.31. The molecule has 0 radical (unpaired) electrons. The summed E-state index contributed by atoms with van der Waals surface area (Å²) in [5.41, 5.74) is 3.36. The van der Waals surface area contributed by atoms with Gasteiger partial charge in [-0.3, -0.25) is 9.69 Å². The third-order valence-corrected chi connectivity index (χ3v) is 5.48. The lowest BCUT2D eigenvalue weighted by molar-refractivity contribution is -0.117. The molecule has 1 saturated heterocycles. The first-order valence-corrected chi connectivity index (χ1v) is 8.25. The Kier molecular flexibility index (Phi) is 4.02. The Bertz CT molecular complexity index is 641. The van der Waals surface area contributed by atoms with Gasteiger partial charge in [0.1, 0.15) is 5.37 Å². The van der Waals surface area contributed by atoms with Gasteiger partial charge >= 0.3 is 0 Å². The maximum Gasteiger partial charge on any atom is 0.241 e. The Balaban J connectivity index is 2.06. The van der Waals surface area contributed by atoms with Gasteiger partial charge in [-0.05, 0) is 30.5 Å². The Labute approximate surface area is 130 Å². The number of carbonyl (C=O) groups excluding carboxylic acids is 1. The number of hydrogen-bond donors (Lipinski definition) is 0. The van der Waals surface area contributed by atoms with Crippen molar-refractivity contribution in [2.24, 2.45) is 0 Å². The predicted molar refractivity (Wildman–Crippen MR) is 89.5 cm³/mol. The highest BCUT2D eigenvalue weighted by Gasteiger charge is 2.41. The van der Waals surface area contributed by atoms with E-state index in [4.69, 9.17) is 0 Å². The number of aryl methyl sites for hydroxylation is 1. The minimum Gasteiger partial charge on any atom is -0.295 e. The van der Waals surface area contributed by atoms with E-state index in [2.05, 4.69) is 32.0 Å². The molecule has 2 atom stereocenters. The zero-order chi connectivity index (χ0) is 14.8. The SMILES string of the molecule is CCC1SC(c2ccccc2)N(c2ccccc2C)C1=O. The summed E-state index contributed by atoms with van der Waals surface area (Å²) in [5, 5.41) is 0.125. The number of rotatable bonds is 3. The van der Waals surface area contributed by atoms with Crippen LogP contribution >= 0.6 is 11.8 Å². The molecule has 1 heterocycles. The Morgan fingerprint density at radius 1 is 1.05 bits per heavy atom. The summed E-state index contributed by atoms with van der Waals surface area (Å²) < 4.78 is 0. The van der Waals surface area contributed by atoms with Crippen LogP contribution in [0.2, 0.25) is 0 Å². The Morgan fingerprint density at radius 2 is 1.71 bits per heavy atom. The summed E-state index contributed by atoms with van der Waals surface area (Å²) in [7, 11) is 0. The normalized spacial score (nSPS) is 21.8. The van der Waals surface area contributed by atoms with Gasteiger partial charge in [0.25, 0.3) is 0 Å². The van der Waals surface area contributed by atoms with E-state index in [1.165, 1.54) is 5.56 Å². The molecule has 0 aliphatic carbocycles. The van der Waals surface area contributed by atoms with Crippen LogP contribution in [-0.4, -0.2) is 11.2 Å². The third kappa shape index (κ3) is 2.58. The standard InChI is InChI=1S/C18H19NOS/c1-3-16-17(20)19(15-12-8-7-9-13(15)2)18(21-16)14-10-5-4-6-11-14/h4-12,16,18H,3H2,1-2H3. The lowest BCUT2D eigenvalue weighted by atomic mass is 10.1. The number of thioether (sulfide) groups is 1. The fourth-order valence-electron chi connectivity index (χ4n) is 2.74. The molecule has 1 amide bonds. The van der Waals surface area contributed by atoms with Gasteiger partial charge in [-0.25, -0.2) is 0 Å². The summed E-state index contributed by atoms with van der Waals surface area (Å²) in [6.07, 6.45) is 0.870. The fraction of sp³-hybridized carbons (Fsp3) is 0.278. The van der Waals surface area contributed by atoms with Gasteiger partial charge in [-0.2, -0.15) is 0 Å². The Hall–Kier alpha value is -1.74. The van der Waals surface area contributed by atoms with E-state index >= 15 is 0 Å². The first-order chi connectivity index (χ1) is 10.2. The molecule has 1 aliphatic rings. The van der Waals surface area contributed by atoms with Gasteiger partial charge in [0.15, 0.2) is 0 Å². The van der Waals surface area contributed by atoms with Crippen LogP contribution in [-0.2, 0) is 4.79 Å². The highest BCUT2D eigenvalue weighted by Crippen LogP contribution is 2.47. The smallest absolute Gasteiger partial charge is 0.241 e. The fourth-order valence-corrected chi connectivity index (χ4v) is 4.13. The lowest BCUT2D eigenvalue weighted by Gasteiger charge is -2.25. The number of carbonyl (C=O) groups is 1. The molecule has 2 nitrogen and oxygen atoms in total. The predicted octanol–water partition coefficient (Wildman–Crippen LogP) is 4.55. The molecule has 21 heavy (non-hydrogen) atoms. The summed E-state index contributed by atoms with van der Waals surface area (Å²) in [6, 6.07) is 18.4. The molecule has 0 aromatic heterocycles. The molecule has 0 saturated carbocycles. The van der Waals surface area contributed by atoms with Gasteiger partial charge in [-0.1, -0.05) is 55.5 Å². The number of para-hydroxylation sites is 1. The third-order valence-electron chi connectivity index (χ3n) is 3.87. The van der Waals surface area contributed by atoms with Crippen molar-refractivity contribution in [2.45, 2.75) is 30.9 Å². The number of amides is 1. The molecule has 1 fully saturated rings. The van der Waals surface area contributed by atoms with Gasteiger partial charge in [0.2, 0.25) is 5.91 Å². The highest BCUT2D eigenvalue weighted by atomic mass is 32.2. The number of nitrogens with zero attached hydrogens (tertiary/aromatic N) is 1. The molecule has 0 spiro atoms. The van der Waals surface area contributed by atoms with E-state index in [0.717, 1.165) is 17.7 Å². The molecule has 108 valence electrons. The van der Waals surface area contributed by atoms with Crippen LogP contribution in [0.3, 0.4) is 0 Å². The second-order valence-electron chi connectivity index (χ2n) is 5.29. The molecular weight excluding hydrogens is 278 g/mol. The summed E-state index contributed by atoms with van der Waals surface area (Å²) >= 11 is 1.76. The van der Waals surface area contributed by atoms with Gasteiger partial charge in [0.05, 0.1) is 5.25 Å². The van der Waals surface area contributed by atoms with E-state index in [1.54, 1.807) is 11.8 Å². The van der Waals surface area contributed by atoms with E-state index in [9.17, 15) is 4.79 Å². The van der Waals surface area contributed by atoms with E-state index < -0.39 is 0 Å². The number of anilines is 1. The van der Waals surface area contributed by atoms with Crippen LogP contribution in [0.1, 0.15) is 29.8 Å². The summed E-state index contributed by atoms with van der Waals surface area (Å²) in [4.78, 5) is 14.8. The van der Waals surface area contributed by atoms with Crippen LogP contribution in [0.15, 0.2) is 54.6 Å². The summed E-state index contributed by atoms with van der Waals surface area (Å²) in [6.45, 7) is 4.15. The van der Waals surface area contributed by atoms with E-state index in [1.807, 2.05) is 41.3 Å². The number of hydrogen-bond acceptors (Lipinski definition) is 2. The second kappa shape index (κ2) is 5.94. The van der Waals surface area contributed by atoms with Crippen molar-refractivity contribution in [3.05, 3.63) is 65.7 Å². The van der Waals surface area contributed by atoms with Crippen molar-refractivity contribution in [3.63, 3.8) is 0 Å². The highest BCUT2D eigenvalue weighted by molar-refractivity contribution is 8.01. The number of benzene rings is 2. The minimum atomic E-state index is 0.0508. The average Bonchev–Trinajstić information content (AvgIpc) is 2.85. The maximum absolute atomic E-state index is 12.8. The molecule has 2 aromatic rings. The van der Waals surface area contributed by atoms with Crippen molar-refractivity contribution in [1.29, 1.82) is 0 Å². The van der Waals surface area contributed by atoms with E-state index in [-0.39, 0.29) is 16.5 Å². The first kappa shape index (κ1) is 14.2. The van der Waals surface area contributed by atoms with Crippen molar-refractivity contribution in [3.8, 4) is 0 Å². The molecule has 0 N–H and O–H groups in total. The molecule has 3 rings (SSSR count). The maximum atomic E-state index is 12.8. The zero-order valence-corrected chi connectivity index (χ0v) is 13.1. The molecule has 0 bridgehead atoms. The van der Waals surface area contributed by atoms with Crippen molar-refractivity contribution in [1.82, 2.24) is 0 Å². The van der Waals surface area contributed by atoms with Crippen molar-refractivity contribution >= 4 is 23.4 Å². The van der Waals surface area contributed by atoms with Gasteiger partial charge < -0.3 is 0 Å². The topological polar surface area (TPSA) is 20.3 Å². The molecule has 3 heteroatoms. The monoisotopic (exact) mass is 297 g/mol. The van der Waals surface area contributed by atoms with Crippen molar-refractivity contribution < 1.29 is 4.79 Å². The van der Waals surface area contributed by atoms with Gasteiger partial charge in [0, 0.05) is 5.69 Å². The average molecular weight is 297 g/mol. The largest absolute Gasteiger partial charge is 0.295 e. The quantitative estimate of drug-likeness (QED) is 0.828. The van der Waals surface area contributed by atoms with E-state index in [0.29, 0.717) is 0 Å². The van der Waals surface area contributed by atoms with Crippen LogP contribution in [0, 0.1) is 6.92 Å². The molecule has 2 unspecified atom stereocenters. The van der Waals surface area contributed by atoms with Crippen LogP contribution in [0.25, 0.3) is 0 Å². The molecule has 1 aliphatic heterocycles. The van der Waals surface area contributed by atoms with Crippen LogP contribution in [0.5, 0.6) is 0 Å². The lowest BCUT2D eigenvalue weighted by Crippen LogP contribution is -2.31. The van der Waals surface area contributed by atoms with Gasteiger partial charge in [-0.15, -0.1) is 11.8 Å². The molecular formula is C18H19NOS. The van der Waals surface area contributed by atoms with Crippen molar-refractivity contribution in [2.75, 3.05) is 4.90 Å². The summed E-state index contributed by atoms with van der Waals surface area (Å²) in [5.74, 6) is 0.227. The minimum absolute atomic E-state index is 0.0508.